The summed E-state index contributed by atoms with van der Waals surface area (Å²) in [5, 5.41) is 29.9. The van der Waals surface area contributed by atoms with Crippen molar-refractivity contribution in [3.63, 3.8) is 0 Å². The van der Waals surface area contributed by atoms with Crippen LogP contribution in [-0.2, 0) is 32.8 Å². The number of nitrogens with one attached hydrogen (secondary N) is 2. The van der Waals surface area contributed by atoms with Crippen LogP contribution < -0.4 is 10.0 Å². The number of aliphatic hydroxyl groups is 1. The van der Waals surface area contributed by atoms with Crippen LogP contribution in [0.2, 0.25) is 0 Å². The highest BCUT2D eigenvalue weighted by Gasteiger charge is 2.21. The van der Waals surface area contributed by atoms with Gasteiger partial charge in [-0.15, -0.1) is 0 Å². The van der Waals surface area contributed by atoms with Crippen LogP contribution in [-0.4, -0.2) is 47.4 Å². The van der Waals surface area contributed by atoms with E-state index in [2.05, 4.69) is 10.0 Å². The Morgan fingerprint density at radius 3 is 2.26 bits per heavy atom. The van der Waals surface area contributed by atoms with Crippen molar-refractivity contribution >= 4 is 27.7 Å². The Hall–Kier alpha value is -3.28. The van der Waals surface area contributed by atoms with Crippen molar-refractivity contribution in [1.82, 2.24) is 10.0 Å². The number of aliphatic hydroxyl groups excluding tert-OH is 1. The monoisotopic (exact) mass is 450 g/mol. The molecule has 31 heavy (non-hydrogen) atoms. The molecule has 2 aromatic carbocycles. The van der Waals surface area contributed by atoms with Gasteiger partial charge in [0, 0.05) is 17.7 Å². The quantitative estimate of drug-likeness (QED) is 0.349. The van der Waals surface area contributed by atoms with Gasteiger partial charge in [-0.2, -0.15) is 0 Å². The summed E-state index contributed by atoms with van der Waals surface area (Å²) in [6.07, 6.45) is -0.532. The van der Waals surface area contributed by atoms with E-state index < -0.39 is 46.8 Å². The van der Waals surface area contributed by atoms with Gasteiger partial charge < -0.3 is 20.6 Å². The molecule has 1 atom stereocenters. The molecule has 0 aliphatic carbocycles. The largest absolute Gasteiger partial charge is 0.508 e. The molecule has 0 aliphatic heterocycles. The van der Waals surface area contributed by atoms with Crippen molar-refractivity contribution in [3.8, 4) is 5.75 Å². The number of amides is 1. The van der Waals surface area contributed by atoms with Crippen molar-refractivity contribution in [2.45, 2.75) is 37.4 Å². The van der Waals surface area contributed by atoms with E-state index in [1.807, 2.05) is 0 Å². The number of aromatic hydroxyl groups is 1. The molecular formula is C20H22N2O8S. The molecular weight excluding hydrogens is 428 g/mol. The fraction of sp³-hybridized carbons (Fsp3) is 0.250. The third-order valence-corrected chi connectivity index (χ3v) is 5.79. The van der Waals surface area contributed by atoms with Crippen LogP contribution in [0.4, 0.5) is 0 Å². The Morgan fingerprint density at radius 2 is 1.71 bits per heavy atom. The number of carbonyl (C=O) groups excluding carboxylic acids is 2. The van der Waals surface area contributed by atoms with Crippen LogP contribution in [0.3, 0.4) is 0 Å². The number of phenols is 1. The van der Waals surface area contributed by atoms with Gasteiger partial charge in [0.25, 0.3) is 5.91 Å². The normalized spacial score (nSPS) is 12.2. The second kappa shape index (κ2) is 10.2. The molecule has 0 fully saturated rings. The molecule has 0 aliphatic rings. The highest BCUT2D eigenvalue weighted by Crippen LogP contribution is 2.21. The molecule has 0 bridgehead atoms. The van der Waals surface area contributed by atoms with Gasteiger partial charge >= 0.3 is 5.97 Å². The Bertz CT molecular complexity index is 1080. The minimum absolute atomic E-state index is 0.0741. The number of sulfonamides is 1. The number of hydrogen-bond donors (Lipinski definition) is 5. The molecule has 11 heteroatoms. The maximum absolute atomic E-state index is 12.4. The standard InChI is InChI=1S/C20H22N2O8S/c1-12(24)17(9-19(26)27)22-20(28)14-4-2-13(3-5-14)10-21-31(29,30)16-6-7-18(25)15(8-16)11-23/h2-8,17,21,23,25H,9-11H2,1H3,(H,22,28)(H,26,27)/t17-/m0/s1. The maximum atomic E-state index is 12.4. The summed E-state index contributed by atoms with van der Waals surface area (Å²) in [5.74, 6) is -2.55. The fourth-order valence-corrected chi connectivity index (χ4v) is 3.67. The molecule has 5 N–H and O–H groups in total. The number of rotatable bonds is 10. The van der Waals surface area contributed by atoms with Gasteiger partial charge in [0.2, 0.25) is 10.0 Å². The number of aliphatic carboxylic acids is 1. The molecule has 1 amide bonds. The predicted molar refractivity (Wildman–Crippen MR) is 109 cm³/mol. The summed E-state index contributed by atoms with van der Waals surface area (Å²) < 4.78 is 27.2. The number of ketones is 1. The first-order valence-corrected chi connectivity index (χ1v) is 10.6. The van der Waals surface area contributed by atoms with Gasteiger partial charge in [-0.3, -0.25) is 14.4 Å². The van der Waals surface area contributed by atoms with Gasteiger partial charge in [-0.25, -0.2) is 13.1 Å². The van der Waals surface area contributed by atoms with Gasteiger partial charge in [0.15, 0.2) is 5.78 Å². The first kappa shape index (κ1) is 24.0. The minimum Gasteiger partial charge on any atom is -0.508 e. The smallest absolute Gasteiger partial charge is 0.305 e. The summed E-state index contributed by atoms with van der Waals surface area (Å²) in [4.78, 5) is 34.4. The van der Waals surface area contributed by atoms with E-state index in [1.165, 1.54) is 43.3 Å². The van der Waals surface area contributed by atoms with E-state index >= 15 is 0 Å². The van der Waals surface area contributed by atoms with E-state index in [0.29, 0.717) is 5.56 Å². The zero-order valence-electron chi connectivity index (χ0n) is 16.5. The van der Waals surface area contributed by atoms with Crippen molar-refractivity contribution in [2.75, 3.05) is 0 Å². The van der Waals surface area contributed by atoms with Crippen molar-refractivity contribution in [1.29, 1.82) is 0 Å². The zero-order chi connectivity index (χ0) is 23.2. The first-order chi connectivity index (χ1) is 14.5. The van der Waals surface area contributed by atoms with Crippen LogP contribution in [0.25, 0.3) is 0 Å². The van der Waals surface area contributed by atoms with Crippen LogP contribution >= 0.6 is 0 Å². The van der Waals surface area contributed by atoms with E-state index in [4.69, 9.17) is 10.2 Å². The third-order valence-electron chi connectivity index (χ3n) is 4.39. The zero-order valence-corrected chi connectivity index (χ0v) is 17.3. The van der Waals surface area contributed by atoms with Crippen molar-refractivity contribution in [2.24, 2.45) is 0 Å². The summed E-state index contributed by atoms with van der Waals surface area (Å²) in [6, 6.07) is 8.24. The summed E-state index contributed by atoms with van der Waals surface area (Å²) in [7, 11) is -3.92. The fourth-order valence-electron chi connectivity index (χ4n) is 2.60. The lowest BCUT2D eigenvalue weighted by Crippen LogP contribution is -2.41. The SMILES string of the molecule is CC(=O)[C@H](CC(=O)O)NC(=O)c1ccc(CNS(=O)(=O)c2ccc(O)c(CO)c2)cc1. The Morgan fingerprint density at radius 1 is 1.06 bits per heavy atom. The lowest BCUT2D eigenvalue weighted by Gasteiger charge is -2.14. The van der Waals surface area contributed by atoms with Crippen LogP contribution in [0.15, 0.2) is 47.4 Å². The number of benzene rings is 2. The molecule has 0 saturated heterocycles. The molecule has 2 rings (SSSR count). The molecule has 2 aromatic rings. The Kier molecular flexibility index (Phi) is 7.86. The average Bonchev–Trinajstić information content (AvgIpc) is 2.72. The van der Waals surface area contributed by atoms with Gasteiger partial charge in [-0.1, -0.05) is 12.1 Å². The molecule has 0 aromatic heterocycles. The van der Waals surface area contributed by atoms with E-state index in [9.17, 15) is 27.9 Å². The predicted octanol–water partition coefficient (Wildman–Crippen LogP) is 0.525. The van der Waals surface area contributed by atoms with E-state index in [1.54, 1.807) is 0 Å². The molecule has 10 nitrogen and oxygen atoms in total. The average molecular weight is 450 g/mol. The molecule has 0 unspecified atom stereocenters. The lowest BCUT2D eigenvalue weighted by atomic mass is 10.1. The Labute approximate surface area is 178 Å². The number of carboxylic acid groups (broad SMARTS) is 1. The maximum Gasteiger partial charge on any atom is 0.305 e. The molecule has 0 spiro atoms. The van der Waals surface area contributed by atoms with Gasteiger partial charge in [-0.05, 0) is 42.8 Å². The second-order valence-electron chi connectivity index (χ2n) is 6.70. The number of hydrogen-bond acceptors (Lipinski definition) is 7. The second-order valence-corrected chi connectivity index (χ2v) is 8.47. The summed E-state index contributed by atoms with van der Waals surface area (Å²) in [5.41, 5.74) is 0.786. The number of carbonyl (C=O) groups is 3. The summed E-state index contributed by atoms with van der Waals surface area (Å²) >= 11 is 0. The molecule has 0 saturated carbocycles. The van der Waals surface area contributed by atoms with Crippen LogP contribution in [0.5, 0.6) is 5.75 Å². The highest BCUT2D eigenvalue weighted by molar-refractivity contribution is 7.89. The van der Waals surface area contributed by atoms with Crippen LogP contribution in [0, 0.1) is 0 Å². The number of carboxylic acids is 1. The van der Waals surface area contributed by atoms with Crippen LogP contribution in [0.1, 0.15) is 34.8 Å². The van der Waals surface area contributed by atoms with Crippen molar-refractivity contribution in [3.05, 3.63) is 59.2 Å². The molecule has 166 valence electrons. The topological polar surface area (TPSA) is 170 Å². The Balaban J connectivity index is 2.04. The molecule has 0 heterocycles. The van der Waals surface area contributed by atoms with Gasteiger partial charge in [0.05, 0.1) is 24.0 Å². The van der Waals surface area contributed by atoms with Crippen molar-refractivity contribution < 1.29 is 38.1 Å². The van der Waals surface area contributed by atoms with Gasteiger partial charge in [0.1, 0.15) is 5.75 Å². The molecule has 0 radical (unpaired) electrons. The highest BCUT2D eigenvalue weighted by atomic mass is 32.2. The summed E-state index contributed by atoms with van der Waals surface area (Å²) in [6.45, 7) is 0.574. The third kappa shape index (κ3) is 6.60. The number of Topliss-reactive ketones (excluding diaryl/α,β-unsaturated/α-hetero) is 1. The minimum atomic E-state index is -3.92. The van der Waals surface area contributed by atoms with E-state index in [-0.39, 0.29) is 28.3 Å². The van der Waals surface area contributed by atoms with E-state index in [0.717, 1.165) is 6.07 Å². The first-order valence-electron chi connectivity index (χ1n) is 9.08. The lowest BCUT2D eigenvalue weighted by molar-refractivity contribution is -0.139.